The number of carbonyl (C=O) groups excluding carboxylic acids is 1. The van der Waals surface area contributed by atoms with Gasteiger partial charge < -0.3 is 10.0 Å². The molecule has 0 unspecified atom stereocenters. The van der Waals surface area contributed by atoms with Crippen LogP contribution in [0.1, 0.15) is 9.67 Å². The molecule has 0 saturated carbocycles. The quantitative estimate of drug-likeness (QED) is 0.838. The molecule has 1 fully saturated rings. The van der Waals surface area contributed by atoms with Gasteiger partial charge in [0, 0.05) is 25.6 Å². The van der Waals surface area contributed by atoms with Gasteiger partial charge in [0.2, 0.25) is 0 Å². The van der Waals surface area contributed by atoms with E-state index in [0.29, 0.717) is 22.3 Å². The molecule has 1 amide bonds. The number of thiophene rings is 1. The van der Waals surface area contributed by atoms with Crippen molar-refractivity contribution >= 4 is 28.8 Å². The van der Waals surface area contributed by atoms with Gasteiger partial charge in [0.1, 0.15) is 0 Å². The Balaban J connectivity index is 1.97. The molecular formula is C9H10ClNO2S. The van der Waals surface area contributed by atoms with Crippen LogP contribution in [-0.4, -0.2) is 35.6 Å². The lowest BCUT2D eigenvalue weighted by molar-refractivity contribution is 0.0366. The van der Waals surface area contributed by atoms with E-state index in [2.05, 4.69) is 0 Å². The van der Waals surface area contributed by atoms with Gasteiger partial charge in [0.25, 0.3) is 5.91 Å². The fourth-order valence-corrected chi connectivity index (χ4v) is 2.45. The Hall–Kier alpha value is -0.580. The second kappa shape index (κ2) is 3.88. The Morgan fingerprint density at radius 2 is 2.36 bits per heavy atom. The third kappa shape index (κ3) is 1.78. The maximum absolute atomic E-state index is 11.7. The van der Waals surface area contributed by atoms with E-state index in [4.69, 9.17) is 16.7 Å². The minimum absolute atomic E-state index is 0.0200. The smallest absolute Gasteiger partial charge is 0.263 e. The zero-order chi connectivity index (χ0) is 10.1. The normalized spacial score (nSPS) is 16.9. The molecule has 5 heteroatoms. The van der Waals surface area contributed by atoms with E-state index in [1.807, 2.05) is 0 Å². The monoisotopic (exact) mass is 231 g/mol. The molecule has 1 saturated heterocycles. The van der Waals surface area contributed by atoms with Gasteiger partial charge in [-0.15, -0.1) is 11.3 Å². The van der Waals surface area contributed by atoms with Crippen LogP contribution >= 0.6 is 22.9 Å². The highest BCUT2D eigenvalue weighted by molar-refractivity contribution is 7.17. The SMILES string of the molecule is O=C(c1ccc(Cl)s1)N1CC(CO)C1. The number of aliphatic hydroxyl groups is 1. The maximum atomic E-state index is 11.7. The van der Waals surface area contributed by atoms with Gasteiger partial charge in [-0.1, -0.05) is 11.6 Å². The van der Waals surface area contributed by atoms with Crippen molar-refractivity contribution in [2.75, 3.05) is 19.7 Å². The summed E-state index contributed by atoms with van der Waals surface area (Å²) < 4.78 is 0.632. The third-order valence-electron chi connectivity index (χ3n) is 2.29. The first-order chi connectivity index (χ1) is 6.70. The van der Waals surface area contributed by atoms with Gasteiger partial charge in [-0.3, -0.25) is 4.79 Å². The number of amides is 1. The van der Waals surface area contributed by atoms with Crippen LogP contribution in [0, 0.1) is 5.92 Å². The minimum Gasteiger partial charge on any atom is -0.396 e. The first-order valence-electron chi connectivity index (χ1n) is 4.36. The molecule has 0 bridgehead atoms. The largest absolute Gasteiger partial charge is 0.396 e. The first-order valence-corrected chi connectivity index (χ1v) is 5.55. The fraction of sp³-hybridized carbons (Fsp3) is 0.444. The van der Waals surface area contributed by atoms with Gasteiger partial charge in [-0.2, -0.15) is 0 Å². The van der Waals surface area contributed by atoms with Gasteiger partial charge in [0.15, 0.2) is 0 Å². The first kappa shape index (κ1) is 9.96. The molecule has 1 aromatic rings. The Kier molecular flexibility index (Phi) is 2.76. The molecule has 14 heavy (non-hydrogen) atoms. The summed E-state index contributed by atoms with van der Waals surface area (Å²) in [7, 11) is 0. The highest BCUT2D eigenvalue weighted by Crippen LogP contribution is 2.25. The molecule has 0 radical (unpaired) electrons. The predicted octanol–water partition coefficient (Wildman–Crippen LogP) is 1.47. The van der Waals surface area contributed by atoms with Crippen molar-refractivity contribution in [2.24, 2.45) is 5.92 Å². The third-order valence-corrected chi connectivity index (χ3v) is 3.51. The van der Waals surface area contributed by atoms with Crippen molar-refractivity contribution in [3.05, 3.63) is 21.3 Å². The van der Waals surface area contributed by atoms with Crippen LogP contribution in [0.2, 0.25) is 4.34 Å². The van der Waals surface area contributed by atoms with Crippen LogP contribution < -0.4 is 0 Å². The number of aliphatic hydroxyl groups excluding tert-OH is 1. The molecule has 0 spiro atoms. The number of hydrogen-bond acceptors (Lipinski definition) is 3. The van der Waals surface area contributed by atoms with E-state index < -0.39 is 0 Å². The van der Waals surface area contributed by atoms with E-state index in [0.717, 1.165) is 0 Å². The molecule has 3 nitrogen and oxygen atoms in total. The van der Waals surface area contributed by atoms with E-state index in [9.17, 15) is 4.79 Å². The summed E-state index contributed by atoms with van der Waals surface area (Å²) in [5, 5.41) is 8.80. The number of rotatable bonds is 2. The summed E-state index contributed by atoms with van der Waals surface area (Å²) in [6.45, 7) is 1.48. The Labute approximate surface area is 90.9 Å². The van der Waals surface area contributed by atoms with Crippen molar-refractivity contribution in [1.82, 2.24) is 4.90 Å². The zero-order valence-corrected chi connectivity index (χ0v) is 9.01. The number of nitrogens with zero attached hydrogens (tertiary/aromatic N) is 1. The van der Waals surface area contributed by atoms with Crippen molar-refractivity contribution in [2.45, 2.75) is 0 Å². The molecule has 2 rings (SSSR count). The summed E-state index contributed by atoms with van der Waals surface area (Å²) in [5.41, 5.74) is 0. The molecule has 0 aliphatic carbocycles. The highest BCUT2D eigenvalue weighted by Gasteiger charge is 2.30. The van der Waals surface area contributed by atoms with Crippen LogP contribution in [0.15, 0.2) is 12.1 Å². The van der Waals surface area contributed by atoms with Gasteiger partial charge in [0.05, 0.1) is 9.21 Å². The average Bonchev–Trinajstić information content (AvgIpc) is 2.49. The topological polar surface area (TPSA) is 40.5 Å². The van der Waals surface area contributed by atoms with E-state index in [-0.39, 0.29) is 18.4 Å². The standard InChI is InChI=1S/C9H10ClNO2S/c10-8-2-1-7(14-8)9(13)11-3-6(4-11)5-12/h1-2,6,12H,3-5H2. The molecule has 0 aromatic carbocycles. The minimum atomic E-state index is 0.0200. The maximum Gasteiger partial charge on any atom is 0.263 e. The second-order valence-corrected chi connectivity index (χ2v) is 5.08. The summed E-state index contributed by atoms with van der Waals surface area (Å²) in [5.74, 6) is 0.279. The molecule has 1 aromatic heterocycles. The Bertz CT molecular complexity index is 346. The molecule has 1 aliphatic rings. The average molecular weight is 232 g/mol. The Morgan fingerprint density at radius 3 is 2.86 bits per heavy atom. The summed E-state index contributed by atoms with van der Waals surface area (Å²) in [6, 6.07) is 3.46. The molecular weight excluding hydrogens is 222 g/mol. The van der Waals surface area contributed by atoms with Crippen LogP contribution in [0.25, 0.3) is 0 Å². The van der Waals surface area contributed by atoms with Crippen molar-refractivity contribution in [1.29, 1.82) is 0 Å². The van der Waals surface area contributed by atoms with Crippen LogP contribution in [0.5, 0.6) is 0 Å². The van der Waals surface area contributed by atoms with E-state index in [1.165, 1.54) is 11.3 Å². The van der Waals surface area contributed by atoms with Crippen LogP contribution in [0.4, 0.5) is 0 Å². The second-order valence-electron chi connectivity index (χ2n) is 3.36. The number of carbonyl (C=O) groups is 1. The fourth-order valence-electron chi connectivity index (χ4n) is 1.44. The lowest BCUT2D eigenvalue weighted by Gasteiger charge is -2.37. The number of likely N-dealkylation sites (tertiary alicyclic amines) is 1. The summed E-state index contributed by atoms with van der Waals surface area (Å²) in [4.78, 5) is 14.1. The van der Waals surface area contributed by atoms with Gasteiger partial charge >= 0.3 is 0 Å². The van der Waals surface area contributed by atoms with Crippen LogP contribution in [0.3, 0.4) is 0 Å². The number of hydrogen-bond donors (Lipinski definition) is 1. The number of halogens is 1. The van der Waals surface area contributed by atoms with Crippen LogP contribution in [-0.2, 0) is 0 Å². The van der Waals surface area contributed by atoms with Crippen molar-refractivity contribution in [3.8, 4) is 0 Å². The predicted molar refractivity (Wildman–Crippen MR) is 55.8 cm³/mol. The summed E-state index contributed by atoms with van der Waals surface area (Å²) in [6.07, 6.45) is 0. The Morgan fingerprint density at radius 1 is 1.64 bits per heavy atom. The highest BCUT2D eigenvalue weighted by atomic mass is 35.5. The molecule has 1 N–H and O–H groups in total. The van der Waals surface area contributed by atoms with E-state index >= 15 is 0 Å². The molecule has 0 atom stereocenters. The molecule has 76 valence electrons. The molecule has 1 aliphatic heterocycles. The lowest BCUT2D eigenvalue weighted by Crippen LogP contribution is -2.51. The summed E-state index contributed by atoms with van der Waals surface area (Å²) >= 11 is 7.03. The molecule has 2 heterocycles. The zero-order valence-electron chi connectivity index (χ0n) is 7.44. The van der Waals surface area contributed by atoms with Gasteiger partial charge in [-0.25, -0.2) is 0 Å². The van der Waals surface area contributed by atoms with Gasteiger partial charge in [-0.05, 0) is 12.1 Å². The van der Waals surface area contributed by atoms with Crippen molar-refractivity contribution in [3.63, 3.8) is 0 Å². The lowest BCUT2D eigenvalue weighted by atomic mass is 10.0. The van der Waals surface area contributed by atoms with E-state index in [1.54, 1.807) is 17.0 Å². The van der Waals surface area contributed by atoms with Crippen molar-refractivity contribution < 1.29 is 9.90 Å².